The highest BCUT2D eigenvalue weighted by molar-refractivity contribution is 6.34. The number of urea groups is 1. The molecule has 4 heterocycles. The third-order valence-electron chi connectivity index (χ3n) is 14.2. The molecule has 18 heteroatoms. The number of methoxy groups -OCH3 is 1. The number of likely N-dealkylation sites (tertiary alicyclic amines) is 1. The molecule has 3 fully saturated rings. The second kappa shape index (κ2) is 19.4. The van der Waals surface area contributed by atoms with Gasteiger partial charge in [0.1, 0.15) is 23.4 Å². The molecular formula is C50H55ClF2N8O7. The van der Waals surface area contributed by atoms with Crippen molar-refractivity contribution in [2.24, 2.45) is 18.7 Å². The lowest BCUT2D eigenvalue weighted by atomic mass is 9.77. The van der Waals surface area contributed by atoms with Crippen LogP contribution in [0.4, 0.5) is 19.4 Å². The van der Waals surface area contributed by atoms with E-state index in [1.54, 1.807) is 4.68 Å². The number of piperidine rings is 1. The number of nitrogens with zero attached hydrogens (tertiary/aromatic N) is 4. The van der Waals surface area contributed by atoms with Crippen LogP contribution in [0.25, 0.3) is 22.0 Å². The number of carbonyl (C=O) groups excluding carboxylic acids is 4. The Labute approximate surface area is 397 Å². The minimum Gasteiger partial charge on any atom is -0.494 e. The molecule has 0 bridgehead atoms. The predicted molar refractivity (Wildman–Crippen MR) is 252 cm³/mol. The maximum atomic E-state index is 16.2. The SMILES string of the molecule is COc1ccc(C(N)=O)c(-c2c(Cl)c(F)cc3c2[C@H](C)[C@@](CNC2CCC(C(=O)NCCN4CCC(Oc5ccc6c(N7CCC(=O)NC7=O)nn(C)c6c5)CC4)CC2)(c2ccccc2)O3)c1F. The number of aromatic nitrogens is 2. The first-order valence-electron chi connectivity index (χ1n) is 23.2. The number of amides is 5. The molecule has 4 aromatic carbocycles. The van der Waals surface area contributed by atoms with E-state index in [4.69, 9.17) is 31.5 Å². The van der Waals surface area contributed by atoms with Gasteiger partial charge in [-0.2, -0.15) is 5.10 Å². The summed E-state index contributed by atoms with van der Waals surface area (Å²) in [7, 11) is 3.11. The molecule has 4 aliphatic rings. The molecule has 1 saturated carbocycles. The van der Waals surface area contributed by atoms with Crippen LogP contribution >= 0.6 is 11.6 Å². The smallest absolute Gasteiger partial charge is 0.329 e. The first kappa shape index (κ1) is 46.8. The molecule has 5 aromatic rings. The number of anilines is 1. The Morgan fingerprint density at radius 3 is 2.44 bits per heavy atom. The molecule has 1 aromatic heterocycles. The van der Waals surface area contributed by atoms with Crippen molar-refractivity contribution in [1.29, 1.82) is 0 Å². The van der Waals surface area contributed by atoms with E-state index in [0.717, 1.165) is 67.5 Å². The normalized spacial score (nSPS) is 22.1. The number of ether oxygens (including phenoxy) is 3. The van der Waals surface area contributed by atoms with Gasteiger partial charge in [-0.25, -0.2) is 13.6 Å². The molecule has 2 atom stereocenters. The fourth-order valence-corrected chi connectivity index (χ4v) is 10.7. The zero-order valence-electron chi connectivity index (χ0n) is 38.2. The van der Waals surface area contributed by atoms with E-state index in [-0.39, 0.29) is 76.1 Å². The molecule has 5 amide bonds. The van der Waals surface area contributed by atoms with Crippen molar-refractivity contribution in [2.75, 3.05) is 51.3 Å². The fraction of sp³-hybridized carbons (Fsp3) is 0.420. The van der Waals surface area contributed by atoms with Gasteiger partial charge in [0.05, 0.1) is 23.2 Å². The Morgan fingerprint density at radius 2 is 1.74 bits per heavy atom. The van der Waals surface area contributed by atoms with Gasteiger partial charge >= 0.3 is 6.03 Å². The molecule has 0 unspecified atom stereocenters. The number of benzene rings is 4. The van der Waals surface area contributed by atoms with E-state index in [1.807, 2.05) is 62.5 Å². The van der Waals surface area contributed by atoms with Crippen molar-refractivity contribution < 1.29 is 42.2 Å². The number of halogens is 3. The lowest BCUT2D eigenvalue weighted by Gasteiger charge is -2.37. The van der Waals surface area contributed by atoms with Gasteiger partial charge in [0.25, 0.3) is 0 Å². The molecule has 68 heavy (non-hydrogen) atoms. The fourth-order valence-electron chi connectivity index (χ4n) is 10.4. The summed E-state index contributed by atoms with van der Waals surface area (Å²) in [5.74, 6) is -2.25. The number of primary amides is 1. The number of hydrogen-bond acceptors (Lipinski definition) is 10. The van der Waals surface area contributed by atoms with Crippen molar-refractivity contribution in [3.63, 3.8) is 0 Å². The van der Waals surface area contributed by atoms with Crippen LogP contribution in [0.2, 0.25) is 5.02 Å². The van der Waals surface area contributed by atoms with E-state index in [9.17, 15) is 19.2 Å². The third kappa shape index (κ3) is 8.94. The average Bonchev–Trinajstić information content (AvgIpc) is 3.81. The van der Waals surface area contributed by atoms with Crippen molar-refractivity contribution in [3.05, 3.63) is 100 Å². The standard InChI is InChI=1S/C50H55ClF2N8O7/c1-28-41-39(26-36(52)44(51)43(41)42-35(46(54)63)15-16-38(66-3)45(42)53)68-50(28,30-7-5-4-6-8-30)27-56-31-11-9-29(10-12-31)48(64)55-20-24-60-21-17-32(18-22-60)67-33-13-14-34-37(25-33)59(2)58-47(34)61-23-19-40(62)57-49(61)65/h4-8,13-16,25-26,28-29,31-32,56H,9-12,17-24,27H2,1-3H3,(H2,54,63)(H,55,64)(H,57,62,65)/t28-,29?,31?,50-/m0/s1. The van der Waals surface area contributed by atoms with Crippen LogP contribution in [0.1, 0.15) is 79.3 Å². The highest BCUT2D eigenvalue weighted by Gasteiger charge is 2.50. The first-order valence-corrected chi connectivity index (χ1v) is 23.5. The van der Waals surface area contributed by atoms with Gasteiger partial charge in [-0.3, -0.25) is 29.3 Å². The Balaban J connectivity index is 0.773. The third-order valence-corrected chi connectivity index (χ3v) is 14.5. The van der Waals surface area contributed by atoms with Gasteiger partial charge in [-0.05, 0) is 68.4 Å². The van der Waals surface area contributed by atoms with Crippen molar-refractivity contribution >= 4 is 52.1 Å². The Hall–Kier alpha value is -6.30. The summed E-state index contributed by atoms with van der Waals surface area (Å²) in [4.78, 5) is 54.0. The summed E-state index contributed by atoms with van der Waals surface area (Å²) >= 11 is 6.68. The molecule has 1 aliphatic carbocycles. The van der Waals surface area contributed by atoms with E-state index in [2.05, 4.69) is 25.9 Å². The van der Waals surface area contributed by atoms with Crippen molar-refractivity contribution in [3.8, 4) is 28.4 Å². The largest absolute Gasteiger partial charge is 0.494 e. The molecule has 0 spiro atoms. The molecule has 0 radical (unpaired) electrons. The lowest BCUT2D eigenvalue weighted by molar-refractivity contribution is -0.126. The monoisotopic (exact) mass is 952 g/mol. The van der Waals surface area contributed by atoms with Gasteiger partial charge in [0.2, 0.25) is 17.7 Å². The number of fused-ring (bicyclic) bond motifs is 2. The van der Waals surface area contributed by atoms with Gasteiger partial charge in [-0.1, -0.05) is 48.9 Å². The van der Waals surface area contributed by atoms with Gasteiger partial charge in [-0.15, -0.1) is 0 Å². The summed E-state index contributed by atoms with van der Waals surface area (Å²) in [5.41, 5.74) is 6.29. The number of aryl methyl sites for hydroxylation is 1. The number of carbonyl (C=O) groups is 4. The summed E-state index contributed by atoms with van der Waals surface area (Å²) in [6.07, 6.45) is 4.86. The molecule has 15 nitrogen and oxygen atoms in total. The van der Waals surface area contributed by atoms with Gasteiger partial charge in [0, 0.05) is 105 Å². The summed E-state index contributed by atoms with van der Waals surface area (Å²) in [6.45, 7) is 5.47. The van der Waals surface area contributed by atoms with E-state index >= 15 is 8.78 Å². The first-order chi connectivity index (χ1) is 32.8. The maximum Gasteiger partial charge on any atom is 0.329 e. The zero-order valence-corrected chi connectivity index (χ0v) is 39.0. The van der Waals surface area contributed by atoms with Crippen molar-refractivity contribution in [2.45, 2.75) is 75.5 Å². The van der Waals surface area contributed by atoms with Crippen LogP contribution in [0.15, 0.2) is 66.7 Å². The topological polar surface area (TPSA) is 182 Å². The Kier molecular flexibility index (Phi) is 13.3. The summed E-state index contributed by atoms with van der Waals surface area (Å²) in [5, 5.41) is 14.2. The van der Waals surface area contributed by atoms with Crippen LogP contribution in [0.3, 0.4) is 0 Å². The maximum absolute atomic E-state index is 16.2. The Bertz CT molecular complexity index is 2760. The van der Waals surface area contributed by atoms with E-state index < -0.39 is 35.1 Å². The minimum absolute atomic E-state index is 0.0122. The number of nitrogens with one attached hydrogen (secondary N) is 3. The van der Waals surface area contributed by atoms with E-state index in [0.29, 0.717) is 37.3 Å². The number of rotatable bonds is 14. The second-order valence-corrected chi connectivity index (χ2v) is 18.5. The van der Waals surface area contributed by atoms with E-state index in [1.165, 1.54) is 30.2 Å². The lowest BCUT2D eigenvalue weighted by Crippen LogP contribution is -2.49. The Morgan fingerprint density at radius 1 is 0.985 bits per heavy atom. The highest BCUT2D eigenvalue weighted by Crippen LogP contribution is 2.56. The number of hydrogen-bond donors (Lipinski definition) is 4. The van der Waals surface area contributed by atoms with Crippen LogP contribution in [-0.2, 0) is 22.2 Å². The molecule has 2 saturated heterocycles. The molecular weight excluding hydrogens is 898 g/mol. The van der Waals surface area contributed by atoms with Gasteiger partial charge < -0.3 is 35.5 Å². The van der Waals surface area contributed by atoms with Gasteiger partial charge in [0.15, 0.2) is 23.0 Å². The summed E-state index contributed by atoms with van der Waals surface area (Å²) < 4.78 is 52.0. The number of imide groups is 1. The van der Waals surface area contributed by atoms with Crippen molar-refractivity contribution in [1.82, 2.24) is 30.6 Å². The average molecular weight is 953 g/mol. The minimum atomic E-state index is -1.08. The zero-order chi connectivity index (χ0) is 47.9. The quantitative estimate of drug-likeness (QED) is 0.0912. The highest BCUT2D eigenvalue weighted by atomic mass is 35.5. The molecule has 9 rings (SSSR count). The molecule has 3 aliphatic heterocycles. The molecule has 5 N–H and O–H groups in total. The molecule has 358 valence electrons. The van der Waals surface area contributed by atoms with Crippen LogP contribution in [0.5, 0.6) is 17.2 Å². The van der Waals surface area contributed by atoms with Crippen LogP contribution in [0, 0.1) is 17.6 Å². The summed E-state index contributed by atoms with van der Waals surface area (Å²) in [6, 6.07) is 18.7. The van der Waals surface area contributed by atoms with Crippen LogP contribution in [-0.4, -0.2) is 97.0 Å². The van der Waals surface area contributed by atoms with Crippen LogP contribution < -0.4 is 40.8 Å². The second-order valence-electron chi connectivity index (χ2n) is 18.2. The number of nitrogens with two attached hydrogens (primary N) is 1. The predicted octanol–water partition coefficient (Wildman–Crippen LogP) is 6.93.